The monoisotopic (exact) mass is 278 g/mol. The Hall–Kier alpha value is 0.423. The van der Waals surface area contributed by atoms with Crippen LogP contribution in [0, 0.1) is 0 Å². The van der Waals surface area contributed by atoms with Crippen LogP contribution in [0.15, 0.2) is 0 Å². The molecule has 0 N–H and O–H groups in total. The van der Waals surface area contributed by atoms with Crippen molar-refractivity contribution in [1.29, 1.82) is 0 Å². The number of hydrogen-bond donors (Lipinski definition) is 0. The molecule has 0 saturated carbocycles. The van der Waals surface area contributed by atoms with E-state index in [0.717, 1.165) is 0 Å². The van der Waals surface area contributed by atoms with Gasteiger partial charge in [-0.3, -0.25) is 0 Å². The maximum atomic E-state index is 8.38. The van der Waals surface area contributed by atoms with Crippen molar-refractivity contribution in [2.24, 2.45) is 0 Å². The molecule has 0 spiro atoms. The van der Waals surface area contributed by atoms with Crippen LogP contribution in [0.3, 0.4) is 0 Å². The van der Waals surface area contributed by atoms with Gasteiger partial charge in [-0.1, -0.05) is 90.9 Å². The standard InChI is InChI=1S/C14H30.O.Zn/c1-3-5-7-9-11-13-14-12-10-8-6-4-2;;/h3-14H2,1-2H3;;. The quantitative estimate of drug-likeness (QED) is 0.356. The van der Waals surface area contributed by atoms with Crippen LogP contribution in [-0.2, 0) is 21.8 Å². The first-order valence-corrected chi connectivity index (χ1v) is 8.41. The van der Waals surface area contributed by atoms with Gasteiger partial charge < -0.3 is 0 Å². The molecular weight excluding hydrogens is 250 g/mol. The average Bonchev–Trinajstić information content (AvgIpc) is 2.34. The average molecular weight is 280 g/mol. The Morgan fingerprint density at radius 3 is 0.875 bits per heavy atom. The second-order valence-corrected chi connectivity index (χ2v) is 4.54. The molecular formula is C14H30OZn. The fourth-order valence-electron chi connectivity index (χ4n) is 1.91. The van der Waals surface area contributed by atoms with Crippen LogP contribution >= 0.6 is 0 Å². The summed E-state index contributed by atoms with van der Waals surface area (Å²) in [5, 5.41) is 0. The van der Waals surface area contributed by atoms with Crippen molar-refractivity contribution >= 4 is 0 Å². The summed E-state index contributed by atoms with van der Waals surface area (Å²) in [6.07, 6.45) is 17.4. The van der Waals surface area contributed by atoms with E-state index in [-0.39, 0.29) is 18.3 Å². The predicted octanol–water partition coefficient (Wildman–Crippen LogP) is 5.59. The first-order valence-electron chi connectivity index (χ1n) is 7.20. The second kappa shape index (κ2) is 20.8. The molecule has 0 amide bonds. The topological polar surface area (TPSA) is 17.1 Å². The van der Waals surface area contributed by atoms with Crippen LogP contribution in [-0.4, -0.2) is 0 Å². The summed E-state index contributed by atoms with van der Waals surface area (Å²) in [5.41, 5.74) is 0. The zero-order chi connectivity index (χ0) is 12.5. The maximum absolute atomic E-state index is 8.38. The zero-order valence-corrected chi connectivity index (χ0v) is 14.6. The number of unbranched alkanes of at least 4 members (excludes halogenated alkanes) is 11. The fraction of sp³-hybridized carbons (Fsp3) is 1.00. The number of hydrogen-bond acceptors (Lipinski definition) is 1. The summed E-state index contributed by atoms with van der Waals surface area (Å²) in [5.74, 6) is 0. The Morgan fingerprint density at radius 1 is 0.500 bits per heavy atom. The van der Waals surface area contributed by atoms with E-state index >= 15 is 0 Å². The van der Waals surface area contributed by atoms with E-state index in [0.29, 0.717) is 0 Å². The van der Waals surface area contributed by atoms with Gasteiger partial charge in [0.05, 0.1) is 0 Å². The summed E-state index contributed by atoms with van der Waals surface area (Å²) in [6.45, 7) is 4.57. The van der Waals surface area contributed by atoms with Crippen molar-refractivity contribution in [2.75, 3.05) is 0 Å². The normalized spacial score (nSPS) is 9.75. The molecule has 2 heteroatoms. The molecule has 0 bridgehead atoms. The van der Waals surface area contributed by atoms with Crippen LogP contribution < -0.4 is 0 Å². The van der Waals surface area contributed by atoms with Crippen molar-refractivity contribution in [3.63, 3.8) is 0 Å². The molecule has 0 aromatic rings. The Bertz CT molecular complexity index is 94.9. The summed E-state index contributed by atoms with van der Waals surface area (Å²) in [7, 11) is 0. The van der Waals surface area contributed by atoms with Crippen LogP contribution in [0.1, 0.15) is 90.9 Å². The molecule has 16 heavy (non-hydrogen) atoms. The van der Waals surface area contributed by atoms with E-state index in [1.54, 1.807) is 0 Å². The Kier molecular flexibility index (Phi) is 24.4. The van der Waals surface area contributed by atoms with Crippen LogP contribution in [0.4, 0.5) is 0 Å². The minimum atomic E-state index is 0.125. The molecule has 0 saturated heterocycles. The van der Waals surface area contributed by atoms with Crippen molar-refractivity contribution in [3.05, 3.63) is 0 Å². The third-order valence-electron chi connectivity index (χ3n) is 2.96. The van der Waals surface area contributed by atoms with E-state index in [1.165, 1.54) is 77.0 Å². The van der Waals surface area contributed by atoms with Crippen molar-refractivity contribution in [2.45, 2.75) is 90.9 Å². The Labute approximate surface area is 113 Å². The molecule has 94 valence electrons. The molecule has 0 heterocycles. The summed E-state index contributed by atoms with van der Waals surface area (Å²) in [4.78, 5) is 0. The van der Waals surface area contributed by atoms with E-state index in [9.17, 15) is 0 Å². The van der Waals surface area contributed by atoms with E-state index in [4.69, 9.17) is 3.57 Å². The number of rotatable bonds is 11. The van der Waals surface area contributed by atoms with E-state index in [2.05, 4.69) is 13.8 Å². The summed E-state index contributed by atoms with van der Waals surface area (Å²) in [6, 6.07) is 0. The molecule has 0 aromatic carbocycles. The molecule has 0 radical (unpaired) electrons. The Morgan fingerprint density at radius 2 is 0.688 bits per heavy atom. The van der Waals surface area contributed by atoms with Gasteiger partial charge in [0.25, 0.3) is 0 Å². The third-order valence-corrected chi connectivity index (χ3v) is 2.96. The molecule has 0 aliphatic carbocycles. The molecule has 0 rings (SSSR count). The van der Waals surface area contributed by atoms with Crippen molar-refractivity contribution in [1.82, 2.24) is 0 Å². The van der Waals surface area contributed by atoms with E-state index < -0.39 is 0 Å². The molecule has 0 fully saturated rings. The van der Waals surface area contributed by atoms with Crippen molar-refractivity contribution < 1.29 is 21.8 Å². The molecule has 0 aliphatic rings. The molecule has 1 nitrogen and oxygen atoms in total. The first kappa shape index (κ1) is 18.8. The van der Waals surface area contributed by atoms with Gasteiger partial charge in [0, 0.05) is 0 Å². The molecule has 0 unspecified atom stereocenters. The molecule has 0 aromatic heterocycles. The third kappa shape index (κ3) is 19.9. The predicted molar refractivity (Wildman–Crippen MR) is 67.4 cm³/mol. The second-order valence-electron chi connectivity index (χ2n) is 4.54. The van der Waals surface area contributed by atoms with Crippen LogP contribution in [0.5, 0.6) is 0 Å². The Balaban J connectivity index is 0. The minimum absolute atomic E-state index is 0.125. The van der Waals surface area contributed by atoms with Gasteiger partial charge in [0.2, 0.25) is 0 Å². The molecule has 0 atom stereocenters. The van der Waals surface area contributed by atoms with Gasteiger partial charge in [-0.15, -0.1) is 0 Å². The van der Waals surface area contributed by atoms with Crippen LogP contribution in [0.2, 0.25) is 0 Å². The molecule has 0 aliphatic heterocycles. The van der Waals surface area contributed by atoms with Crippen LogP contribution in [0.25, 0.3) is 0 Å². The van der Waals surface area contributed by atoms with Gasteiger partial charge in [-0.05, 0) is 0 Å². The van der Waals surface area contributed by atoms with E-state index in [1.807, 2.05) is 0 Å². The van der Waals surface area contributed by atoms with Gasteiger partial charge in [0.1, 0.15) is 0 Å². The SMILES string of the molecule is CCCCCCCCCCCCCC.[O]=[Zn]. The summed E-state index contributed by atoms with van der Waals surface area (Å²) < 4.78 is 8.38. The fourth-order valence-corrected chi connectivity index (χ4v) is 1.91. The first-order chi connectivity index (χ1) is 7.91. The van der Waals surface area contributed by atoms with Gasteiger partial charge in [-0.2, -0.15) is 0 Å². The van der Waals surface area contributed by atoms with Crippen molar-refractivity contribution in [3.8, 4) is 0 Å². The van der Waals surface area contributed by atoms with Gasteiger partial charge in [0.15, 0.2) is 0 Å². The van der Waals surface area contributed by atoms with Gasteiger partial charge in [-0.25, -0.2) is 0 Å². The zero-order valence-electron chi connectivity index (χ0n) is 11.6. The van der Waals surface area contributed by atoms with Gasteiger partial charge >= 0.3 is 21.8 Å². The summed E-state index contributed by atoms with van der Waals surface area (Å²) >= 11 is 0.125.